The molecule has 0 aliphatic rings. The van der Waals surface area contributed by atoms with Gasteiger partial charge in [-0.3, -0.25) is 4.79 Å². The highest BCUT2D eigenvalue weighted by molar-refractivity contribution is 8.02. The predicted molar refractivity (Wildman–Crippen MR) is 89.3 cm³/mol. The van der Waals surface area contributed by atoms with Gasteiger partial charge in [-0.25, -0.2) is 4.39 Å². The smallest absolute Gasteiger partial charge is 0.206 e. The van der Waals surface area contributed by atoms with Crippen molar-refractivity contribution in [2.75, 3.05) is 11.9 Å². The van der Waals surface area contributed by atoms with Crippen molar-refractivity contribution in [1.82, 2.24) is 10.2 Å². The van der Waals surface area contributed by atoms with Gasteiger partial charge in [0.1, 0.15) is 5.82 Å². The van der Waals surface area contributed by atoms with Crippen molar-refractivity contribution in [1.29, 1.82) is 0 Å². The van der Waals surface area contributed by atoms with Crippen LogP contribution in [0.2, 0.25) is 0 Å². The van der Waals surface area contributed by atoms with Gasteiger partial charge in [0.05, 0.1) is 5.25 Å². The lowest BCUT2D eigenvalue weighted by Crippen LogP contribution is -2.13. The molecule has 0 saturated heterocycles. The van der Waals surface area contributed by atoms with Gasteiger partial charge in [-0.15, -0.1) is 10.2 Å². The summed E-state index contributed by atoms with van der Waals surface area (Å²) in [7, 11) is 0. The normalized spacial score (nSPS) is 12.4. The Morgan fingerprint density at radius 2 is 1.95 bits per heavy atom. The molecular formula is C15H18FN3OS2. The SMILES string of the molecule is CC(C)CNc1nnc(S[C@@H](C)C(=O)c2ccc(F)cc2)s1. The van der Waals surface area contributed by atoms with Crippen LogP contribution in [-0.2, 0) is 0 Å². The zero-order valence-electron chi connectivity index (χ0n) is 12.7. The number of benzene rings is 1. The Morgan fingerprint density at radius 1 is 1.27 bits per heavy atom. The predicted octanol–water partition coefficient (Wildman–Crippen LogP) is 4.11. The number of halogens is 1. The molecule has 1 heterocycles. The number of anilines is 1. The summed E-state index contributed by atoms with van der Waals surface area (Å²) in [6, 6.07) is 5.60. The van der Waals surface area contributed by atoms with Crippen LogP contribution in [0.1, 0.15) is 31.1 Å². The van der Waals surface area contributed by atoms with Crippen LogP contribution in [0.15, 0.2) is 28.6 Å². The van der Waals surface area contributed by atoms with Crippen LogP contribution in [0.3, 0.4) is 0 Å². The number of carbonyl (C=O) groups excluding carboxylic acids is 1. The molecular weight excluding hydrogens is 321 g/mol. The van der Waals surface area contributed by atoms with E-state index in [9.17, 15) is 9.18 Å². The first kappa shape index (κ1) is 16.9. The van der Waals surface area contributed by atoms with Gasteiger partial charge in [0.15, 0.2) is 10.1 Å². The van der Waals surface area contributed by atoms with Gasteiger partial charge in [0.25, 0.3) is 0 Å². The zero-order chi connectivity index (χ0) is 16.1. The summed E-state index contributed by atoms with van der Waals surface area (Å²) in [5.41, 5.74) is 0.504. The van der Waals surface area contributed by atoms with E-state index >= 15 is 0 Å². The average Bonchev–Trinajstić information content (AvgIpc) is 2.92. The number of aromatic nitrogens is 2. The third-order valence-corrected chi connectivity index (χ3v) is 4.91. The largest absolute Gasteiger partial charge is 0.360 e. The van der Waals surface area contributed by atoms with Crippen LogP contribution in [0.5, 0.6) is 0 Å². The van der Waals surface area contributed by atoms with Gasteiger partial charge in [0, 0.05) is 12.1 Å². The number of nitrogens with one attached hydrogen (secondary N) is 1. The van der Waals surface area contributed by atoms with Gasteiger partial charge in [-0.05, 0) is 37.1 Å². The highest BCUT2D eigenvalue weighted by Gasteiger charge is 2.18. The monoisotopic (exact) mass is 339 g/mol. The molecule has 0 radical (unpaired) electrons. The minimum Gasteiger partial charge on any atom is -0.360 e. The second kappa shape index (κ2) is 7.69. The number of hydrogen-bond acceptors (Lipinski definition) is 6. The van der Waals surface area contributed by atoms with E-state index in [1.807, 2.05) is 6.92 Å². The quantitative estimate of drug-likeness (QED) is 0.608. The maximum Gasteiger partial charge on any atom is 0.206 e. The molecule has 1 aromatic carbocycles. The fourth-order valence-corrected chi connectivity index (χ4v) is 3.65. The maximum absolute atomic E-state index is 12.9. The van der Waals surface area contributed by atoms with Crippen molar-refractivity contribution in [2.24, 2.45) is 5.92 Å². The summed E-state index contributed by atoms with van der Waals surface area (Å²) in [4.78, 5) is 12.3. The molecule has 4 nitrogen and oxygen atoms in total. The van der Waals surface area contributed by atoms with E-state index in [-0.39, 0.29) is 16.9 Å². The molecule has 22 heavy (non-hydrogen) atoms. The first-order valence-corrected chi connectivity index (χ1v) is 8.69. The molecule has 2 aromatic rings. The Balaban J connectivity index is 1.95. The Labute approximate surface area is 137 Å². The van der Waals surface area contributed by atoms with Crippen LogP contribution in [0.25, 0.3) is 0 Å². The van der Waals surface area contributed by atoms with Crippen LogP contribution in [0.4, 0.5) is 9.52 Å². The Morgan fingerprint density at radius 3 is 2.59 bits per heavy atom. The van der Waals surface area contributed by atoms with Gasteiger partial charge in [0.2, 0.25) is 5.13 Å². The summed E-state index contributed by atoms with van der Waals surface area (Å²) >= 11 is 2.80. The molecule has 0 unspecified atom stereocenters. The highest BCUT2D eigenvalue weighted by Crippen LogP contribution is 2.30. The van der Waals surface area contributed by atoms with Crippen molar-refractivity contribution in [3.8, 4) is 0 Å². The molecule has 0 saturated carbocycles. The molecule has 7 heteroatoms. The summed E-state index contributed by atoms with van der Waals surface area (Å²) in [6.07, 6.45) is 0. The van der Waals surface area contributed by atoms with Crippen LogP contribution < -0.4 is 5.32 Å². The first-order chi connectivity index (χ1) is 10.5. The Bertz CT molecular complexity index is 628. The lowest BCUT2D eigenvalue weighted by atomic mass is 10.1. The van der Waals surface area contributed by atoms with Crippen molar-refractivity contribution in [2.45, 2.75) is 30.4 Å². The summed E-state index contributed by atoms with van der Waals surface area (Å²) in [5.74, 6) is 0.137. The number of rotatable bonds is 7. The topological polar surface area (TPSA) is 54.9 Å². The molecule has 0 spiro atoms. The van der Waals surface area contributed by atoms with Gasteiger partial charge in [-0.2, -0.15) is 0 Å². The number of thioether (sulfide) groups is 1. The standard InChI is InChI=1S/C15H18FN3OS2/c1-9(2)8-17-14-18-19-15(22-14)21-10(3)13(20)11-4-6-12(16)7-5-11/h4-7,9-10H,8H2,1-3H3,(H,17,18)/t10-/m0/s1. The van der Waals surface area contributed by atoms with E-state index in [2.05, 4.69) is 29.4 Å². The van der Waals surface area contributed by atoms with E-state index in [1.54, 1.807) is 0 Å². The number of Topliss-reactive ketones (excluding diaryl/α,β-unsaturated/α-hetero) is 1. The van der Waals surface area contributed by atoms with Crippen molar-refractivity contribution in [3.63, 3.8) is 0 Å². The highest BCUT2D eigenvalue weighted by atomic mass is 32.2. The first-order valence-electron chi connectivity index (χ1n) is 6.99. The van der Waals surface area contributed by atoms with Crippen molar-refractivity contribution < 1.29 is 9.18 Å². The molecule has 0 fully saturated rings. The molecule has 2 rings (SSSR count). The van der Waals surface area contributed by atoms with Crippen LogP contribution >= 0.6 is 23.1 Å². The number of ketones is 1. The van der Waals surface area contributed by atoms with Crippen molar-refractivity contribution >= 4 is 34.0 Å². The summed E-state index contributed by atoms with van der Waals surface area (Å²) in [6.45, 7) is 6.89. The van der Waals surface area contributed by atoms with E-state index in [0.717, 1.165) is 16.0 Å². The Kier molecular flexibility index (Phi) is 5.90. The molecule has 1 N–H and O–H groups in total. The fourth-order valence-electron chi connectivity index (χ4n) is 1.67. The lowest BCUT2D eigenvalue weighted by molar-refractivity contribution is 0.0994. The van der Waals surface area contributed by atoms with Crippen LogP contribution in [-0.4, -0.2) is 27.8 Å². The third kappa shape index (κ3) is 4.78. The molecule has 1 aromatic heterocycles. The second-order valence-electron chi connectivity index (χ2n) is 5.28. The van der Waals surface area contributed by atoms with Gasteiger partial charge >= 0.3 is 0 Å². The second-order valence-corrected chi connectivity index (χ2v) is 7.84. The van der Waals surface area contributed by atoms with E-state index < -0.39 is 0 Å². The molecule has 1 atom stereocenters. The van der Waals surface area contributed by atoms with E-state index in [1.165, 1.54) is 47.4 Å². The molecule has 0 aliphatic heterocycles. The lowest BCUT2D eigenvalue weighted by Gasteiger charge is -2.07. The minimum atomic E-state index is -0.346. The zero-order valence-corrected chi connectivity index (χ0v) is 14.3. The van der Waals surface area contributed by atoms with Crippen molar-refractivity contribution in [3.05, 3.63) is 35.6 Å². The number of nitrogens with zero attached hydrogens (tertiary/aromatic N) is 2. The third-order valence-electron chi connectivity index (χ3n) is 2.84. The Hall–Kier alpha value is -1.47. The molecule has 0 amide bonds. The molecule has 0 aliphatic carbocycles. The van der Waals surface area contributed by atoms with Gasteiger partial charge < -0.3 is 5.32 Å². The minimum absolute atomic E-state index is 0.0445. The van der Waals surface area contributed by atoms with Crippen LogP contribution in [0, 0.1) is 11.7 Å². The number of hydrogen-bond donors (Lipinski definition) is 1. The molecule has 118 valence electrons. The molecule has 0 bridgehead atoms. The number of carbonyl (C=O) groups is 1. The fraction of sp³-hybridized carbons (Fsp3) is 0.400. The summed E-state index contributed by atoms with van der Waals surface area (Å²) < 4.78 is 13.6. The maximum atomic E-state index is 12.9. The average molecular weight is 339 g/mol. The summed E-state index contributed by atoms with van der Waals surface area (Å²) in [5, 5.41) is 11.8. The van der Waals surface area contributed by atoms with E-state index in [0.29, 0.717) is 11.5 Å². The van der Waals surface area contributed by atoms with E-state index in [4.69, 9.17) is 0 Å². The van der Waals surface area contributed by atoms with Gasteiger partial charge in [-0.1, -0.05) is 36.9 Å².